The molecule has 0 spiro atoms. The molecule has 1 fully saturated rings. The number of anilines is 1. The van der Waals surface area contributed by atoms with Crippen LogP contribution in [0.5, 0.6) is 0 Å². The standard InChI is InChI=1S/C15H22N4OS/c1-2-13(14(16)21)18-8-10-19(11-9-18)15(20)17-12-6-4-3-5-7-12/h3-7,13H,2,8-11H2,1H3,(H2,16,21)(H,17,20). The molecule has 6 heteroatoms. The molecule has 2 amide bonds. The average molecular weight is 306 g/mol. The van der Waals surface area contributed by atoms with Crippen molar-refractivity contribution < 1.29 is 4.79 Å². The number of carbonyl (C=O) groups excluding carboxylic acids is 1. The number of benzene rings is 1. The van der Waals surface area contributed by atoms with E-state index in [1.54, 1.807) is 0 Å². The van der Waals surface area contributed by atoms with Gasteiger partial charge in [-0.2, -0.15) is 0 Å². The lowest BCUT2D eigenvalue weighted by Crippen LogP contribution is -2.55. The molecule has 3 N–H and O–H groups in total. The number of thiocarbonyl (C=S) groups is 1. The zero-order valence-corrected chi connectivity index (χ0v) is 13.1. The van der Waals surface area contributed by atoms with E-state index in [1.807, 2.05) is 35.2 Å². The van der Waals surface area contributed by atoms with Gasteiger partial charge in [-0.05, 0) is 18.6 Å². The number of nitrogens with two attached hydrogens (primary N) is 1. The van der Waals surface area contributed by atoms with Crippen molar-refractivity contribution in [1.82, 2.24) is 9.80 Å². The van der Waals surface area contributed by atoms with Crippen LogP contribution < -0.4 is 11.1 Å². The van der Waals surface area contributed by atoms with Gasteiger partial charge in [0, 0.05) is 31.9 Å². The summed E-state index contributed by atoms with van der Waals surface area (Å²) in [6.07, 6.45) is 0.908. The number of hydrogen-bond donors (Lipinski definition) is 2. The second kappa shape index (κ2) is 7.38. The van der Waals surface area contributed by atoms with Crippen LogP contribution in [-0.2, 0) is 0 Å². The van der Waals surface area contributed by atoms with Gasteiger partial charge in [0.2, 0.25) is 0 Å². The van der Waals surface area contributed by atoms with Crippen molar-refractivity contribution in [2.75, 3.05) is 31.5 Å². The normalized spacial score (nSPS) is 17.3. The monoisotopic (exact) mass is 306 g/mol. The van der Waals surface area contributed by atoms with Crippen molar-refractivity contribution >= 4 is 28.9 Å². The molecule has 1 aliphatic rings. The largest absolute Gasteiger partial charge is 0.392 e. The van der Waals surface area contributed by atoms with Crippen LogP contribution in [-0.4, -0.2) is 53.0 Å². The zero-order valence-electron chi connectivity index (χ0n) is 12.3. The van der Waals surface area contributed by atoms with Crippen LogP contribution in [0.15, 0.2) is 30.3 Å². The minimum absolute atomic E-state index is 0.0516. The van der Waals surface area contributed by atoms with Gasteiger partial charge in [-0.3, -0.25) is 4.90 Å². The summed E-state index contributed by atoms with van der Waals surface area (Å²) < 4.78 is 0. The quantitative estimate of drug-likeness (QED) is 0.834. The number of para-hydroxylation sites is 1. The molecule has 0 bridgehead atoms. The third kappa shape index (κ3) is 4.15. The second-order valence-electron chi connectivity index (χ2n) is 5.15. The molecule has 1 atom stereocenters. The van der Waals surface area contributed by atoms with E-state index >= 15 is 0 Å². The van der Waals surface area contributed by atoms with E-state index in [4.69, 9.17) is 18.0 Å². The molecule has 114 valence electrons. The molecule has 5 nitrogen and oxygen atoms in total. The van der Waals surface area contributed by atoms with Crippen LogP contribution in [0.3, 0.4) is 0 Å². The summed E-state index contributed by atoms with van der Waals surface area (Å²) in [5.41, 5.74) is 6.59. The van der Waals surface area contributed by atoms with Gasteiger partial charge >= 0.3 is 6.03 Å². The van der Waals surface area contributed by atoms with Gasteiger partial charge in [-0.25, -0.2) is 4.79 Å². The van der Waals surface area contributed by atoms with E-state index in [2.05, 4.69) is 17.1 Å². The van der Waals surface area contributed by atoms with Crippen LogP contribution in [0.4, 0.5) is 10.5 Å². The lowest BCUT2D eigenvalue weighted by atomic mass is 10.1. The molecule has 1 unspecified atom stereocenters. The van der Waals surface area contributed by atoms with Gasteiger partial charge in [-0.15, -0.1) is 0 Å². The Hall–Kier alpha value is -1.66. The Morgan fingerprint density at radius 1 is 1.29 bits per heavy atom. The summed E-state index contributed by atoms with van der Waals surface area (Å²) >= 11 is 5.11. The van der Waals surface area contributed by atoms with Crippen molar-refractivity contribution in [2.45, 2.75) is 19.4 Å². The third-order valence-electron chi connectivity index (χ3n) is 3.78. The summed E-state index contributed by atoms with van der Waals surface area (Å²) in [6, 6.07) is 9.59. The lowest BCUT2D eigenvalue weighted by molar-refractivity contribution is 0.133. The molecule has 1 aromatic rings. The average Bonchev–Trinajstić information content (AvgIpc) is 2.49. The molecular weight excluding hydrogens is 284 g/mol. The van der Waals surface area contributed by atoms with Crippen LogP contribution in [0.1, 0.15) is 13.3 Å². The van der Waals surface area contributed by atoms with E-state index in [1.165, 1.54) is 0 Å². The minimum Gasteiger partial charge on any atom is -0.392 e. The number of amides is 2. The summed E-state index contributed by atoms with van der Waals surface area (Å²) in [7, 11) is 0. The smallest absolute Gasteiger partial charge is 0.321 e. The molecular formula is C15H22N4OS. The van der Waals surface area contributed by atoms with Gasteiger partial charge in [0.05, 0.1) is 11.0 Å². The lowest BCUT2D eigenvalue weighted by Gasteiger charge is -2.38. The zero-order chi connectivity index (χ0) is 15.2. The number of rotatable bonds is 4. The summed E-state index contributed by atoms with van der Waals surface area (Å²) in [5, 5.41) is 2.91. The molecule has 1 aliphatic heterocycles. The molecule has 0 radical (unpaired) electrons. The van der Waals surface area contributed by atoms with Crippen LogP contribution in [0.2, 0.25) is 0 Å². The first-order valence-corrected chi connectivity index (χ1v) is 7.67. The summed E-state index contributed by atoms with van der Waals surface area (Å²) in [6.45, 7) is 5.07. The first kappa shape index (κ1) is 15.7. The van der Waals surface area contributed by atoms with E-state index in [-0.39, 0.29) is 12.1 Å². The molecule has 21 heavy (non-hydrogen) atoms. The number of hydrogen-bond acceptors (Lipinski definition) is 3. The van der Waals surface area contributed by atoms with Gasteiger partial charge in [0.1, 0.15) is 0 Å². The van der Waals surface area contributed by atoms with Crippen molar-refractivity contribution in [1.29, 1.82) is 0 Å². The molecule has 1 heterocycles. The predicted molar refractivity (Wildman–Crippen MR) is 89.5 cm³/mol. The van der Waals surface area contributed by atoms with Crippen LogP contribution in [0.25, 0.3) is 0 Å². The molecule has 0 aromatic heterocycles. The predicted octanol–water partition coefficient (Wildman–Crippen LogP) is 1.90. The Bertz CT molecular complexity index is 486. The maximum Gasteiger partial charge on any atom is 0.321 e. The Labute approximate surface area is 131 Å². The highest BCUT2D eigenvalue weighted by Gasteiger charge is 2.26. The third-order valence-corrected chi connectivity index (χ3v) is 4.05. The Kier molecular flexibility index (Phi) is 5.52. The van der Waals surface area contributed by atoms with Crippen molar-refractivity contribution in [2.24, 2.45) is 5.73 Å². The molecule has 1 saturated heterocycles. The highest BCUT2D eigenvalue weighted by Crippen LogP contribution is 2.12. The van der Waals surface area contributed by atoms with Gasteiger partial charge < -0.3 is 16.0 Å². The maximum atomic E-state index is 12.2. The second-order valence-corrected chi connectivity index (χ2v) is 5.62. The van der Waals surface area contributed by atoms with E-state index < -0.39 is 0 Å². The minimum atomic E-state index is -0.0516. The molecule has 0 aliphatic carbocycles. The van der Waals surface area contributed by atoms with E-state index in [0.717, 1.165) is 25.2 Å². The van der Waals surface area contributed by atoms with E-state index in [9.17, 15) is 4.79 Å². The fourth-order valence-corrected chi connectivity index (χ4v) is 2.92. The number of nitrogens with one attached hydrogen (secondary N) is 1. The topological polar surface area (TPSA) is 61.6 Å². The fraction of sp³-hybridized carbons (Fsp3) is 0.467. The highest BCUT2D eigenvalue weighted by atomic mass is 32.1. The first-order chi connectivity index (χ1) is 10.1. The Morgan fingerprint density at radius 2 is 1.90 bits per heavy atom. The number of carbonyl (C=O) groups is 1. The van der Waals surface area contributed by atoms with Gasteiger partial charge in [0.15, 0.2) is 0 Å². The number of piperazine rings is 1. The van der Waals surface area contributed by atoms with Crippen molar-refractivity contribution in [3.05, 3.63) is 30.3 Å². The molecule has 0 saturated carbocycles. The van der Waals surface area contributed by atoms with Crippen molar-refractivity contribution in [3.8, 4) is 0 Å². The first-order valence-electron chi connectivity index (χ1n) is 7.26. The molecule has 2 rings (SSSR count). The van der Waals surface area contributed by atoms with Crippen LogP contribution >= 0.6 is 12.2 Å². The molecule has 1 aromatic carbocycles. The van der Waals surface area contributed by atoms with E-state index in [0.29, 0.717) is 18.1 Å². The maximum absolute atomic E-state index is 12.2. The van der Waals surface area contributed by atoms with Gasteiger partial charge in [-0.1, -0.05) is 37.3 Å². The number of urea groups is 1. The SMILES string of the molecule is CCC(C(N)=S)N1CCN(C(=O)Nc2ccccc2)CC1. The van der Waals surface area contributed by atoms with Crippen molar-refractivity contribution in [3.63, 3.8) is 0 Å². The fourth-order valence-electron chi connectivity index (χ4n) is 2.60. The highest BCUT2D eigenvalue weighted by molar-refractivity contribution is 7.80. The van der Waals surface area contributed by atoms with Crippen LogP contribution in [0, 0.1) is 0 Å². The van der Waals surface area contributed by atoms with Gasteiger partial charge in [0.25, 0.3) is 0 Å². The number of nitrogens with zero attached hydrogens (tertiary/aromatic N) is 2. The Morgan fingerprint density at radius 3 is 2.43 bits per heavy atom. The summed E-state index contributed by atoms with van der Waals surface area (Å²) in [4.78, 5) is 16.8. The summed E-state index contributed by atoms with van der Waals surface area (Å²) in [5.74, 6) is 0. The Balaban J connectivity index is 1.86.